The monoisotopic (exact) mass is 415 g/mol. The summed E-state index contributed by atoms with van der Waals surface area (Å²) in [5.41, 5.74) is 6.05. The number of halogens is 1. The summed E-state index contributed by atoms with van der Waals surface area (Å²) < 4.78 is 15.3. The van der Waals surface area contributed by atoms with Crippen LogP contribution in [0.1, 0.15) is 0 Å². The molecule has 0 saturated heterocycles. The maximum atomic E-state index is 13.6. The number of hydrogen-bond donors (Lipinski definition) is 2. The second kappa shape index (κ2) is 6.33. The van der Waals surface area contributed by atoms with Crippen molar-refractivity contribution in [1.29, 1.82) is 0 Å². The molecule has 0 aromatic carbocycles. The summed E-state index contributed by atoms with van der Waals surface area (Å²) >= 11 is 1.11. The van der Waals surface area contributed by atoms with Crippen molar-refractivity contribution in [2.45, 2.75) is 0 Å². The van der Waals surface area contributed by atoms with Gasteiger partial charge in [-0.2, -0.15) is 14.6 Å². The highest BCUT2D eigenvalue weighted by atomic mass is 32.1. The molecule has 0 saturated carbocycles. The minimum atomic E-state index is -0.216. The molecule has 6 rings (SSSR count). The largest absolute Gasteiger partial charge is 0.352 e. The minimum Gasteiger partial charge on any atom is -0.352 e. The van der Waals surface area contributed by atoms with Crippen molar-refractivity contribution in [3.05, 3.63) is 60.4 Å². The Balaban J connectivity index is 1.52. The van der Waals surface area contributed by atoms with Crippen molar-refractivity contribution < 1.29 is 4.39 Å². The van der Waals surface area contributed by atoms with Gasteiger partial charge >= 0.3 is 0 Å². The lowest BCUT2D eigenvalue weighted by atomic mass is 10.1. The average Bonchev–Trinajstić information content (AvgIpc) is 3.52. The van der Waals surface area contributed by atoms with E-state index in [1.165, 1.54) is 6.07 Å². The molecule has 0 spiro atoms. The molecule has 0 atom stereocenters. The van der Waals surface area contributed by atoms with Crippen molar-refractivity contribution >= 4 is 33.3 Å². The molecule has 6 aromatic heterocycles. The lowest BCUT2D eigenvalue weighted by Crippen LogP contribution is -1.84. The molecular formula is C21H14FN7S. The zero-order chi connectivity index (χ0) is 20.2. The number of fused-ring (bicyclic) bond motifs is 2. The molecule has 9 heteroatoms. The van der Waals surface area contributed by atoms with Gasteiger partial charge in [-0.3, -0.25) is 14.8 Å². The van der Waals surface area contributed by atoms with Gasteiger partial charge in [-0.1, -0.05) is 0 Å². The maximum Gasteiger partial charge on any atom is 0.181 e. The van der Waals surface area contributed by atoms with Gasteiger partial charge in [0.25, 0.3) is 0 Å². The zero-order valence-corrected chi connectivity index (χ0v) is 16.5. The Morgan fingerprint density at radius 2 is 1.97 bits per heavy atom. The van der Waals surface area contributed by atoms with E-state index in [9.17, 15) is 4.39 Å². The quantitative estimate of drug-likeness (QED) is 0.436. The Labute approximate surface area is 173 Å². The van der Waals surface area contributed by atoms with Crippen LogP contribution in [0, 0.1) is 5.13 Å². The van der Waals surface area contributed by atoms with E-state index in [-0.39, 0.29) is 5.13 Å². The molecule has 0 aliphatic heterocycles. The fourth-order valence-electron chi connectivity index (χ4n) is 3.67. The molecule has 0 amide bonds. The molecule has 6 aromatic rings. The molecule has 30 heavy (non-hydrogen) atoms. The van der Waals surface area contributed by atoms with E-state index in [0.717, 1.165) is 60.6 Å². The number of nitrogens with zero attached hydrogens (tertiary/aromatic N) is 5. The molecule has 2 N–H and O–H groups in total. The van der Waals surface area contributed by atoms with Gasteiger partial charge in [0.1, 0.15) is 0 Å². The summed E-state index contributed by atoms with van der Waals surface area (Å²) in [5.74, 6) is 0. The van der Waals surface area contributed by atoms with Gasteiger partial charge in [0.05, 0.1) is 29.3 Å². The summed E-state index contributed by atoms with van der Waals surface area (Å²) in [5, 5.41) is 13.3. The van der Waals surface area contributed by atoms with E-state index >= 15 is 0 Å². The summed E-state index contributed by atoms with van der Waals surface area (Å²) in [6, 6.07) is 7.34. The van der Waals surface area contributed by atoms with Gasteiger partial charge in [0.2, 0.25) is 0 Å². The van der Waals surface area contributed by atoms with E-state index in [0.29, 0.717) is 5.65 Å². The Kier molecular flexibility index (Phi) is 3.59. The highest BCUT2D eigenvalue weighted by Crippen LogP contribution is 2.36. The first-order valence-corrected chi connectivity index (χ1v) is 10.0. The van der Waals surface area contributed by atoms with E-state index in [4.69, 9.17) is 0 Å². The Bertz CT molecular complexity index is 1540. The molecule has 6 heterocycles. The van der Waals surface area contributed by atoms with Crippen LogP contribution in [0.25, 0.3) is 54.9 Å². The number of H-pyrrole nitrogens is 2. The zero-order valence-electron chi connectivity index (χ0n) is 15.7. The van der Waals surface area contributed by atoms with Crippen molar-refractivity contribution in [1.82, 2.24) is 34.9 Å². The first kappa shape index (κ1) is 17.0. The van der Waals surface area contributed by atoms with Gasteiger partial charge in [-0.15, -0.1) is 11.3 Å². The highest BCUT2D eigenvalue weighted by molar-refractivity contribution is 7.14. The van der Waals surface area contributed by atoms with Crippen molar-refractivity contribution in [2.24, 2.45) is 7.05 Å². The molecule has 146 valence electrons. The second-order valence-corrected chi connectivity index (χ2v) is 8.07. The van der Waals surface area contributed by atoms with Crippen molar-refractivity contribution in [3.63, 3.8) is 0 Å². The van der Waals surface area contributed by atoms with E-state index < -0.39 is 0 Å². The van der Waals surface area contributed by atoms with Crippen molar-refractivity contribution in [3.8, 4) is 33.0 Å². The molecule has 0 fully saturated rings. The Morgan fingerprint density at radius 1 is 1.03 bits per heavy atom. The molecule has 0 aliphatic carbocycles. The molecule has 0 radical (unpaired) electrons. The van der Waals surface area contributed by atoms with Gasteiger partial charge in [0.15, 0.2) is 10.8 Å². The van der Waals surface area contributed by atoms with Gasteiger partial charge in [-0.25, -0.2) is 4.98 Å². The van der Waals surface area contributed by atoms with Crippen LogP contribution in [0.5, 0.6) is 0 Å². The first-order chi connectivity index (χ1) is 14.7. The predicted octanol–water partition coefficient (Wildman–Crippen LogP) is 4.77. The number of aryl methyl sites for hydroxylation is 1. The number of thiophene rings is 1. The van der Waals surface area contributed by atoms with Crippen LogP contribution in [0.3, 0.4) is 0 Å². The number of aromatic nitrogens is 7. The highest BCUT2D eigenvalue weighted by Gasteiger charge is 2.16. The van der Waals surface area contributed by atoms with Crippen LogP contribution in [-0.4, -0.2) is 34.9 Å². The summed E-state index contributed by atoms with van der Waals surface area (Å²) in [6.45, 7) is 0. The second-order valence-electron chi connectivity index (χ2n) is 7.03. The number of nitrogens with one attached hydrogen (secondary N) is 2. The van der Waals surface area contributed by atoms with Crippen molar-refractivity contribution in [2.75, 3.05) is 0 Å². The fraction of sp³-hybridized carbons (Fsp3) is 0.0476. The minimum absolute atomic E-state index is 0.216. The van der Waals surface area contributed by atoms with Crippen LogP contribution in [0.2, 0.25) is 0 Å². The summed E-state index contributed by atoms with van der Waals surface area (Å²) in [6.07, 6.45) is 9.08. The molecule has 0 unspecified atom stereocenters. The summed E-state index contributed by atoms with van der Waals surface area (Å²) in [4.78, 5) is 13.0. The first-order valence-electron chi connectivity index (χ1n) is 9.22. The number of hydrogen-bond acceptors (Lipinski definition) is 5. The van der Waals surface area contributed by atoms with E-state index in [2.05, 4.69) is 36.3 Å². The van der Waals surface area contributed by atoms with Crippen LogP contribution < -0.4 is 0 Å². The van der Waals surface area contributed by atoms with E-state index in [1.807, 2.05) is 25.5 Å². The smallest absolute Gasteiger partial charge is 0.181 e. The van der Waals surface area contributed by atoms with Gasteiger partial charge in [0, 0.05) is 58.0 Å². The molecule has 7 nitrogen and oxygen atoms in total. The molecular weight excluding hydrogens is 401 g/mol. The fourth-order valence-corrected chi connectivity index (χ4v) is 4.43. The third-order valence-corrected chi connectivity index (χ3v) is 6.01. The van der Waals surface area contributed by atoms with Crippen LogP contribution >= 0.6 is 11.3 Å². The predicted molar refractivity (Wildman–Crippen MR) is 114 cm³/mol. The SMILES string of the molecule is Cn1cc(-c2cnc3n[nH]c(-c4cc5c(-c6ccc(F)s6)cncc5[nH]4)c3c2)cn1. The molecule has 0 bridgehead atoms. The third-order valence-electron chi connectivity index (χ3n) is 5.10. The Hall–Kier alpha value is -3.85. The normalized spacial score (nSPS) is 11.7. The molecule has 0 aliphatic rings. The maximum absolute atomic E-state index is 13.6. The van der Waals surface area contributed by atoms with E-state index in [1.54, 1.807) is 29.3 Å². The van der Waals surface area contributed by atoms with Crippen LogP contribution in [-0.2, 0) is 7.05 Å². The summed E-state index contributed by atoms with van der Waals surface area (Å²) in [7, 11) is 1.88. The third kappa shape index (κ3) is 2.63. The van der Waals surface area contributed by atoms with Gasteiger partial charge in [-0.05, 0) is 24.3 Å². The lowest BCUT2D eigenvalue weighted by Gasteiger charge is -1.98. The van der Waals surface area contributed by atoms with Gasteiger partial charge < -0.3 is 4.98 Å². The average molecular weight is 415 g/mol. The number of rotatable bonds is 3. The number of pyridine rings is 2. The standard InChI is InChI=1S/C21H14FN7S/c1-29-10-12(7-25-29)11-4-14-20(27-28-21(14)24-6-11)16-5-13-15(8-23-9-17(13)26-16)18-2-3-19(22)30-18/h2-10,26H,1H3,(H,24,27,28). The van der Waals surface area contributed by atoms with Crippen LogP contribution in [0.15, 0.2) is 55.2 Å². The lowest BCUT2D eigenvalue weighted by molar-refractivity contribution is 0.657. The van der Waals surface area contributed by atoms with Crippen LogP contribution in [0.4, 0.5) is 4.39 Å². The topological polar surface area (TPSA) is 88.1 Å². The number of aromatic amines is 2. The Morgan fingerprint density at radius 3 is 2.77 bits per heavy atom.